The third-order valence-electron chi connectivity index (χ3n) is 5.49. The Bertz CT molecular complexity index is 591. The molecule has 0 spiro atoms. The van der Waals surface area contributed by atoms with E-state index in [2.05, 4.69) is 17.6 Å². The molecule has 0 saturated heterocycles. The maximum absolute atomic E-state index is 12.3. The summed E-state index contributed by atoms with van der Waals surface area (Å²) in [6, 6.07) is -2.03. The van der Waals surface area contributed by atoms with Crippen LogP contribution in [0.3, 0.4) is 0 Å². The lowest BCUT2D eigenvalue weighted by atomic mass is 10.1. The van der Waals surface area contributed by atoms with Crippen LogP contribution in [-0.4, -0.2) is 64.1 Å². The Balaban J connectivity index is 4.07. The molecule has 0 fully saturated rings. The molecule has 198 valence electrons. The van der Waals surface area contributed by atoms with Crippen molar-refractivity contribution in [3.63, 3.8) is 0 Å². The van der Waals surface area contributed by atoms with Crippen LogP contribution in [0.5, 0.6) is 0 Å². The van der Waals surface area contributed by atoms with Crippen molar-refractivity contribution in [1.29, 1.82) is 0 Å². The molecule has 0 aromatic carbocycles. The summed E-state index contributed by atoms with van der Waals surface area (Å²) in [5.74, 6) is -2.25. The highest BCUT2D eigenvalue weighted by Gasteiger charge is 2.22. The van der Waals surface area contributed by atoms with Crippen LogP contribution >= 0.6 is 11.8 Å². The molecule has 0 aliphatic carbocycles. The predicted octanol–water partition coefficient (Wildman–Crippen LogP) is 3.30. The number of rotatable bonds is 23. The fourth-order valence-corrected chi connectivity index (χ4v) is 4.44. The van der Waals surface area contributed by atoms with Crippen LogP contribution in [0.15, 0.2) is 0 Å². The van der Waals surface area contributed by atoms with Gasteiger partial charge in [0.1, 0.15) is 18.6 Å². The number of nitrogens with one attached hydrogen (secondary N) is 2. The first-order chi connectivity index (χ1) is 16.3. The largest absolute Gasteiger partial charge is 0.480 e. The van der Waals surface area contributed by atoms with Gasteiger partial charge < -0.3 is 26.6 Å². The van der Waals surface area contributed by atoms with E-state index in [1.165, 1.54) is 76.0 Å². The Hall–Kier alpha value is -1.81. The van der Waals surface area contributed by atoms with Crippen LogP contribution in [0.25, 0.3) is 0 Å². The first-order valence-corrected chi connectivity index (χ1v) is 13.8. The van der Waals surface area contributed by atoms with Crippen molar-refractivity contribution >= 4 is 35.5 Å². The third-order valence-corrected chi connectivity index (χ3v) is 6.64. The third kappa shape index (κ3) is 19.6. The topological polar surface area (TPSA) is 159 Å². The van der Waals surface area contributed by atoms with Crippen LogP contribution in [0, 0.1) is 0 Å². The summed E-state index contributed by atoms with van der Waals surface area (Å²) in [4.78, 5) is 45.9. The van der Waals surface area contributed by atoms with Crippen molar-refractivity contribution in [2.45, 2.75) is 109 Å². The van der Waals surface area contributed by atoms with E-state index in [1.54, 1.807) is 0 Å². The zero-order valence-electron chi connectivity index (χ0n) is 20.7. The van der Waals surface area contributed by atoms with Gasteiger partial charge in [-0.05, 0) is 18.6 Å². The number of carboxylic acid groups (broad SMARTS) is 2. The maximum Gasteiger partial charge on any atom is 0.322 e. The van der Waals surface area contributed by atoms with Gasteiger partial charge in [-0.1, -0.05) is 77.6 Å². The summed E-state index contributed by atoms with van der Waals surface area (Å²) in [7, 11) is 0. The number of hydrogen-bond donors (Lipinski definition) is 5. The van der Waals surface area contributed by atoms with E-state index in [0.29, 0.717) is 5.75 Å². The van der Waals surface area contributed by atoms with Gasteiger partial charge in [-0.2, -0.15) is 11.8 Å². The molecule has 0 heterocycles. The molecule has 0 aliphatic rings. The number of thioether (sulfide) groups is 1. The SMILES string of the molecule is CCCCCCCCCCCCCCSC[C@H](NC(=O)CC[C@H](N)C(=O)O)C(=O)NCC(=O)O. The molecular weight excluding hydrogens is 458 g/mol. The number of aliphatic carboxylic acids is 2. The average molecular weight is 504 g/mol. The Kier molecular flexibility index (Phi) is 20.5. The number of hydrogen-bond acceptors (Lipinski definition) is 6. The van der Waals surface area contributed by atoms with E-state index in [9.17, 15) is 19.2 Å². The van der Waals surface area contributed by atoms with Gasteiger partial charge in [0.15, 0.2) is 0 Å². The van der Waals surface area contributed by atoms with Crippen molar-refractivity contribution in [2.75, 3.05) is 18.1 Å². The Morgan fingerprint density at radius 2 is 1.38 bits per heavy atom. The summed E-state index contributed by atoms with van der Waals surface area (Å²) in [6.45, 7) is 1.70. The maximum atomic E-state index is 12.3. The van der Waals surface area contributed by atoms with E-state index in [0.717, 1.165) is 18.6 Å². The first kappa shape index (κ1) is 32.2. The molecule has 0 radical (unpaired) electrons. The molecule has 0 unspecified atom stereocenters. The lowest BCUT2D eigenvalue weighted by molar-refractivity contribution is -0.139. The normalized spacial score (nSPS) is 12.6. The lowest BCUT2D eigenvalue weighted by Crippen LogP contribution is -2.49. The summed E-state index contributed by atoms with van der Waals surface area (Å²) in [5, 5.41) is 22.4. The van der Waals surface area contributed by atoms with Gasteiger partial charge in [-0.15, -0.1) is 0 Å². The molecule has 10 heteroatoms. The van der Waals surface area contributed by atoms with E-state index in [4.69, 9.17) is 15.9 Å². The second kappa shape index (κ2) is 21.7. The van der Waals surface area contributed by atoms with Gasteiger partial charge in [0.25, 0.3) is 0 Å². The van der Waals surface area contributed by atoms with Crippen LogP contribution in [0.4, 0.5) is 0 Å². The Morgan fingerprint density at radius 3 is 1.88 bits per heavy atom. The number of unbranched alkanes of at least 4 members (excludes halogenated alkanes) is 11. The predicted molar refractivity (Wildman–Crippen MR) is 136 cm³/mol. The van der Waals surface area contributed by atoms with Gasteiger partial charge in [-0.25, -0.2) is 0 Å². The molecule has 34 heavy (non-hydrogen) atoms. The van der Waals surface area contributed by atoms with Gasteiger partial charge >= 0.3 is 11.9 Å². The summed E-state index contributed by atoms with van der Waals surface area (Å²) in [5.41, 5.74) is 5.40. The summed E-state index contributed by atoms with van der Waals surface area (Å²) < 4.78 is 0. The highest BCUT2D eigenvalue weighted by Crippen LogP contribution is 2.14. The molecule has 2 amide bonds. The molecule has 0 bridgehead atoms. The minimum Gasteiger partial charge on any atom is -0.480 e. The van der Waals surface area contributed by atoms with Crippen LogP contribution in [-0.2, 0) is 19.2 Å². The minimum atomic E-state index is -1.19. The summed E-state index contributed by atoms with van der Waals surface area (Å²) in [6.07, 6.45) is 15.0. The highest BCUT2D eigenvalue weighted by atomic mass is 32.2. The fourth-order valence-electron chi connectivity index (χ4n) is 3.39. The molecule has 0 aromatic rings. The average Bonchev–Trinajstić information content (AvgIpc) is 2.80. The highest BCUT2D eigenvalue weighted by molar-refractivity contribution is 7.99. The van der Waals surface area contributed by atoms with Crippen molar-refractivity contribution < 1.29 is 29.4 Å². The molecule has 0 aromatic heterocycles. The fraction of sp³-hybridized carbons (Fsp3) is 0.833. The monoisotopic (exact) mass is 503 g/mol. The number of nitrogens with two attached hydrogens (primary N) is 1. The number of amides is 2. The molecule has 2 atom stereocenters. The molecule has 6 N–H and O–H groups in total. The second-order valence-corrected chi connectivity index (χ2v) is 9.83. The van der Waals surface area contributed by atoms with E-state index in [1.807, 2.05) is 0 Å². The number of carboxylic acids is 2. The van der Waals surface area contributed by atoms with Crippen molar-refractivity contribution in [1.82, 2.24) is 10.6 Å². The van der Waals surface area contributed by atoms with Crippen molar-refractivity contribution in [2.24, 2.45) is 5.73 Å². The van der Waals surface area contributed by atoms with Gasteiger partial charge in [0, 0.05) is 12.2 Å². The Morgan fingerprint density at radius 1 is 0.853 bits per heavy atom. The standard InChI is InChI=1S/C24H45N3O6S/c1-2-3-4-5-6-7-8-9-10-11-12-13-16-34-18-20(23(31)26-17-22(29)30)27-21(28)15-14-19(25)24(32)33/h19-20H,2-18,25H2,1H3,(H,26,31)(H,27,28)(H,29,30)(H,32,33)/t19-,20-/m0/s1. The quantitative estimate of drug-likeness (QED) is 0.133. The van der Waals surface area contributed by atoms with Gasteiger partial charge in [0.05, 0.1) is 0 Å². The van der Waals surface area contributed by atoms with E-state index < -0.39 is 42.4 Å². The smallest absolute Gasteiger partial charge is 0.322 e. The molecular formula is C24H45N3O6S. The lowest BCUT2D eigenvalue weighted by Gasteiger charge is -2.18. The van der Waals surface area contributed by atoms with Crippen LogP contribution in [0.1, 0.15) is 96.8 Å². The Labute approximate surface area is 208 Å². The summed E-state index contributed by atoms with van der Waals surface area (Å²) >= 11 is 1.53. The molecule has 0 aliphatic heterocycles. The van der Waals surface area contributed by atoms with E-state index >= 15 is 0 Å². The van der Waals surface area contributed by atoms with Gasteiger partial charge in [-0.3, -0.25) is 19.2 Å². The molecule has 9 nitrogen and oxygen atoms in total. The number of carbonyl (C=O) groups excluding carboxylic acids is 2. The zero-order valence-corrected chi connectivity index (χ0v) is 21.5. The van der Waals surface area contributed by atoms with Crippen molar-refractivity contribution in [3.8, 4) is 0 Å². The number of carbonyl (C=O) groups is 4. The van der Waals surface area contributed by atoms with Gasteiger partial charge in [0.2, 0.25) is 11.8 Å². The van der Waals surface area contributed by atoms with Crippen LogP contribution in [0.2, 0.25) is 0 Å². The second-order valence-electron chi connectivity index (χ2n) is 8.68. The van der Waals surface area contributed by atoms with E-state index in [-0.39, 0.29) is 12.8 Å². The van der Waals surface area contributed by atoms with Crippen LogP contribution < -0.4 is 16.4 Å². The minimum absolute atomic E-state index is 0.0450. The first-order valence-electron chi connectivity index (χ1n) is 12.6. The van der Waals surface area contributed by atoms with Crippen molar-refractivity contribution in [3.05, 3.63) is 0 Å². The molecule has 0 saturated carbocycles. The zero-order chi connectivity index (χ0) is 25.6. The molecule has 0 rings (SSSR count).